The van der Waals surface area contributed by atoms with Gasteiger partial charge >= 0.3 is 0 Å². The third-order valence-corrected chi connectivity index (χ3v) is 6.64. The Bertz CT molecular complexity index is 405. The maximum absolute atomic E-state index is 2.40. The summed E-state index contributed by atoms with van der Waals surface area (Å²) in [4.78, 5) is 0. The van der Waals surface area contributed by atoms with Crippen molar-refractivity contribution in [3.8, 4) is 0 Å². The molecule has 0 amide bonds. The van der Waals surface area contributed by atoms with Crippen LogP contribution in [0.2, 0.25) is 0 Å². The van der Waals surface area contributed by atoms with Crippen molar-refractivity contribution in [2.75, 3.05) is 0 Å². The molecule has 0 aromatic heterocycles. The largest absolute Gasteiger partial charge is 0.0659 e. The van der Waals surface area contributed by atoms with Crippen LogP contribution in [0.15, 0.2) is 46.6 Å². The molecule has 2 heteroatoms. The highest BCUT2D eigenvalue weighted by Crippen LogP contribution is 2.39. The standard InChI is InChI=1S/C14H18P2/c1-9-5-11(3)13(7-9)15-16-14-8-10(2)6-12(14)4/h5-8,13-14H,1-4H3. The first kappa shape index (κ1) is 12.0. The molecule has 0 fully saturated rings. The quantitative estimate of drug-likeness (QED) is 0.578. The summed E-state index contributed by atoms with van der Waals surface area (Å²) in [6.45, 7) is 8.89. The molecule has 2 unspecified atom stereocenters. The van der Waals surface area contributed by atoms with E-state index in [1.165, 1.54) is 38.0 Å². The van der Waals surface area contributed by atoms with Gasteiger partial charge in [0.2, 0.25) is 0 Å². The number of rotatable bonds is 2. The summed E-state index contributed by atoms with van der Waals surface area (Å²) < 4.78 is 0. The Morgan fingerprint density at radius 1 is 0.750 bits per heavy atom. The molecule has 0 heterocycles. The third kappa shape index (κ3) is 2.62. The molecule has 0 aromatic rings. The van der Waals surface area contributed by atoms with Gasteiger partial charge in [0, 0.05) is 11.3 Å². The van der Waals surface area contributed by atoms with E-state index >= 15 is 0 Å². The molecular formula is C14H18P2. The Morgan fingerprint density at radius 2 is 1.12 bits per heavy atom. The van der Waals surface area contributed by atoms with E-state index in [4.69, 9.17) is 0 Å². The van der Waals surface area contributed by atoms with Crippen LogP contribution in [0.5, 0.6) is 0 Å². The van der Waals surface area contributed by atoms with Gasteiger partial charge in [-0.3, -0.25) is 0 Å². The average Bonchev–Trinajstić information content (AvgIpc) is 2.66. The maximum Gasteiger partial charge on any atom is 0.0445 e. The average molecular weight is 248 g/mol. The van der Waals surface area contributed by atoms with Crippen LogP contribution >= 0.6 is 15.7 Å². The van der Waals surface area contributed by atoms with Crippen molar-refractivity contribution in [1.82, 2.24) is 0 Å². The topological polar surface area (TPSA) is 0 Å². The monoisotopic (exact) mass is 248 g/mol. The molecule has 2 rings (SSSR count). The number of hydrogen-bond acceptors (Lipinski definition) is 0. The summed E-state index contributed by atoms with van der Waals surface area (Å²) >= 11 is 0. The summed E-state index contributed by atoms with van der Waals surface area (Å²) in [5.41, 5.74) is 7.21. The van der Waals surface area contributed by atoms with E-state index in [-0.39, 0.29) is 0 Å². The number of allylic oxidation sites excluding steroid dienone is 8. The molecule has 0 nitrogen and oxygen atoms in total. The first-order chi connectivity index (χ1) is 7.56. The first-order valence-electron chi connectivity index (χ1n) is 5.69. The molecule has 84 valence electrons. The normalized spacial score (nSPS) is 29.2. The Morgan fingerprint density at radius 3 is 1.38 bits per heavy atom. The lowest BCUT2D eigenvalue weighted by Crippen LogP contribution is -1.92. The lowest BCUT2D eigenvalue weighted by Gasteiger charge is -2.05. The zero-order valence-electron chi connectivity index (χ0n) is 10.4. The number of hydrogen-bond donors (Lipinski definition) is 0. The minimum atomic E-state index is 0.656. The minimum Gasteiger partial charge on any atom is -0.0659 e. The molecular weight excluding hydrogens is 230 g/mol. The van der Waals surface area contributed by atoms with Crippen LogP contribution in [-0.4, -0.2) is 11.3 Å². The van der Waals surface area contributed by atoms with Gasteiger partial charge in [0.15, 0.2) is 0 Å². The summed E-state index contributed by atoms with van der Waals surface area (Å²) in [6, 6.07) is 0. The molecule has 0 saturated heterocycles. The van der Waals surface area contributed by atoms with Crippen LogP contribution < -0.4 is 0 Å². The Kier molecular flexibility index (Phi) is 3.63. The summed E-state index contributed by atoms with van der Waals surface area (Å²) in [5.74, 6) is 0. The molecule has 0 aromatic carbocycles. The highest BCUT2D eigenvalue weighted by atomic mass is 31.7. The van der Waals surface area contributed by atoms with Crippen LogP contribution in [-0.2, 0) is 0 Å². The SMILES string of the molecule is CC1=CC(P=PC2C=C(C)C=C2C)C(C)=C1. The lowest BCUT2D eigenvalue weighted by molar-refractivity contribution is 1.26. The third-order valence-electron chi connectivity index (χ3n) is 3.00. The van der Waals surface area contributed by atoms with E-state index in [1.54, 1.807) is 0 Å². The highest BCUT2D eigenvalue weighted by molar-refractivity contribution is 7.84. The second-order valence-electron chi connectivity index (χ2n) is 4.72. The summed E-state index contributed by atoms with van der Waals surface area (Å²) in [7, 11) is 3.04. The Labute approximate surface area is 102 Å². The first-order valence-corrected chi connectivity index (χ1v) is 8.33. The van der Waals surface area contributed by atoms with Gasteiger partial charge in [-0.25, -0.2) is 0 Å². The van der Waals surface area contributed by atoms with E-state index in [0.29, 0.717) is 11.3 Å². The molecule has 0 aliphatic heterocycles. The van der Waals surface area contributed by atoms with Gasteiger partial charge in [-0.2, -0.15) is 0 Å². The fraction of sp³-hybridized carbons (Fsp3) is 0.429. The lowest BCUT2D eigenvalue weighted by atomic mass is 10.3. The van der Waals surface area contributed by atoms with E-state index in [2.05, 4.69) is 52.0 Å². The van der Waals surface area contributed by atoms with Crippen molar-refractivity contribution in [3.05, 3.63) is 46.6 Å². The Hall–Kier alpha value is -0.440. The molecule has 0 bridgehead atoms. The van der Waals surface area contributed by atoms with Crippen molar-refractivity contribution >= 4 is 15.7 Å². The molecule has 0 saturated carbocycles. The van der Waals surface area contributed by atoms with Crippen LogP contribution in [0.25, 0.3) is 0 Å². The van der Waals surface area contributed by atoms with Crippen LogP contribution in [0, 0.1) is 0 Å². The second kappa shape index (κ2) is 4.82. The van der Waals surface area contributed by atoms with Gasteiger partial charge in [0.05, 0.1) is 0 Å². The fourth-order valence-electron chi connectivity index (χ4n) is 2.14. The van der Waals surface area contributed by atoms with Gasteiger partial charge in [-0.15, -0.1) is 0 Å². The predicted octanol–water partition coefficient (Wildman–Crippen LogP) is 5.34. The van der Waals surface area contributed by atoms with E-state index in [0.717, 1.165) is 0 Å². The van der Waals surface area contributed by atoms with Crippen LogP contribution in [0.1, 0.15) is 27.7 Å². The minimum absolute atomic E-state index is 0.656. The zero-order chi connectivity index (χ0) is 11.7. The van der Waals surface area contributed by atoms with Crippen molar-refractivity contribution in [2.24, 2.45) is 0 Å². The molecule has 2 atom stereocenters. The fourth-order valence-corrected chi connectivity index (χ4v) is 5.90. The summed E-state index contributed by atoms with van der Waals surface area (Å²) in [6.07, 6.45) is 9.42. The van der Waals surface area contributed by atoms with Gasteiger partial charge < -0.3 is 0 Å². The van der Waals surface area contributed by atoms with Crippen molar-refractivity contribution in [2.45, 2.75) is 39.0 Å². The van der Waals surface area contributed by atoms with Crippen LogP contribution in [0.3, 0.4) is 0 Å². The van der Waals surface area contributed by atoms with Crippen LogP contribution in [0.4, 0.5) is 0 Å². The van der Waals surface area contributed by atoms with E-state index < -0.39 is 0 Å². The molecule has 2 aliphatic rings. The van der Waals surface area contributed by atoms with Crippen molar-refractivity contribution in [3.63, 3.8) is 0 Å². The van der Waals surface area contributed by atoms with E-state index in [1.807, 2.05) is 0 Å². The van der Waals surface area contributed by atoms with Gasteiger partial charge in [-0.05, 0) is 27.7 Å². The van der Waals surface area contributed by atoms with Gasteiger partial charge in [0.25, 0.3) is 0 Å². The van der Waals surface area contributed by atoms with Gasteiger partial charge in [-0.1, -0.05) is 62.3 Å². The molecule has 0 spiro atoms. The predicted molar refractivity (Wildman–Crippen MR) is 76.4 cm³/mol. The van der Waals surface area contributed by atoms with Gasteiger partial charge in [0.1, 0.15) is 0 Å². The molecule has 0 radical (unpaired) electrons. The molecule has 2 aliphatic carbocycles. The molecule has 16 heavy (non-hydrogen) atoms. The smallest absolute Gasteiger partial charge is 0.0445 e. The zero-order valence-corrected chi connectivity index (χ0v) is 12.1. The summed E-state index contributed by atoms with van der Waals surface area (Å²) in [5, 5.41) is 0. The maximum atomic E-state index is 2.40. The van der Waals surface area contributed by atoms with Crippen molar-refractivity contribution < 1.29 is 0 Å². The van der Waals surface area contributed by atoms with Crippen molar-refractivity contribution in [1.29, 1.82) is 0 Å². The Balaban J connectivity index is 2.07. The van der Waals surface area contributed by atoms with E-state index in [9.17, 15) is 0 Å². The second-order valence-corrected chi connectivity index (χ2v) is 7.68. The molecule has 0 N–H and O–H groups in total. The highest BCUT2D eigenvalue weighted by Gasteiger charge is 2.14.